The van der Waals surface area contributed by atoms with E-state index in [1.807, 2.05) is 6.07 Å². The third-order valence-corrected chi connectivity index (χ3v) is 3.83. The highest BCUT2D eigenvalue weighted by Gasteiger charge is 2.11. The van der Waals surface area contributed by atoms with Gasteiger partial charge >= 0.3 is 0 Å². The van der Waals surface area contributed by atoms with Crippen LogP contribution in [-0.2, 0) is 6.61 Å². The fourth-order valence-electron chi connectivity index (χ4n) is 1.86. The van der Waals surface area contributed by atoms with Crippen LogP contribution in [0.3, 0.4) is 0 Å². The summed E-state index contributed by atoms with van der Waals surface area (Å²) in [6.45, 7) is 0.309. The number of nitrogens with zero attached hydrogens (tertiary/aromatic N) is 1. The molecule has 2 aromatic carbocycles. The number of nitrogens with one attached hydrogen (secondary N) is 1. The zero-order chi connectivity index (χ0) is 17.5. The molecular weight excluding hydrogens is 444 g/mol. The lowest BCUT2D eigenvalue weighted by Gasteiger charge is -2.13. The van der Waals surface area contributed by atoms with Crippen molar-refractivity contribution in [2.75, 3.05) is 7.11 Å². The summed E-state index contributed by atoms with van der Waals surface area (Å²) in [5.74, 6) is 0.905. The Labute approximate surface area is 158 Å². The summed E-state index contributed by atoms with van der Waals surface area (Å²) in [6.07, 6.45) is 1.58. The quantitative estimate of drug-likeness (QED) is 0.301. The van der Waals surface area contributed by atoms with Crippen LogP contribution in [0.1, 0.15) is 11.1 Å². The van der Waals surface area contributed by atoms with Gasteiger partial charge < -0.3 is 15.2 Å². The number of hydrogen-bond donors (Lipinski definition) is 2. The Bertz CT molecular complexity index is 754. The van der Waals surface area contributed by atoms with Gasteiger partial charge in [0.25, 0.3) is 0 Å². The number of thiocarbonyl (C=S) groups is 1. The van der Waals surface area contributed by atoms with Crippen molar-refractivity contribution in [3.8, 4) is 11.5 Å². The molecule has 0 aromatic heterocycles. The van der Waals surface area contributed by atoms with Gasteiger partial charge in [-0.1, -0.05) is 12.1 Å². The van der Waals surface area contributed by atoms with Crippen LogP contribution in [-0.4, -0.2) is 18.4 Å². The summed E-state index contributed by atoms with van der Waals surface area (Å²) in [6, 6.07) is 9.82. The first-order chi connectivity index (χ1) is 11.5. The van der Waals surface area contributed by atoms with Gasteiger partial charge in [-0.25, -0.2) is 4.39 Å². The smallest absolute Gasteiger partial charge is 0.184 e. The van der Waals surface area contributed by atoms with E-state index in [2.05, 4.69) is 45.3 Å². The van der Waals surface area contributed by atoms with Gasteiger partial charge in [0.2, 0.25) is 0 Å². The van der Waals surface area contributed by atoms with E-state index in [9.17, 15) is 4.39 Å². The molecule has 0 aliphatic rings. The molecule has 126 valence electrons. The van der Waals surface area contributed by atoms with Crippen LogP contribution >= 0.6 is 34.8 Å². The lowest BCUT2D eigenvalue weighted by Crippen LogP contribution is -2.24. The normalized spacial score (nSPS) is 10.6. The zero-order valence-electron chi connectivity index (χ0n) is 12.8. The third-order valence-electron chi connectivity index (χ3n) is 2.94. The number of rotatable bonds is 6. The highest BCUT2D eigenvalue weighted by Crippen LogP contribution is 2.34. The van der Waals surface area contributed by atoms with Crippen LogP contribution in [0.5, 0.6) is 11.5 Å². The van der Waals surface area contributed by atoms with Crippen molar-refractivity contribution in [3.05, 3.63) is 56.9 Å². The van der Waals surface area contributed by atoms with Gasteiger partial charge in [0.1, 0.15) is 12.4 Å². The van der Waals surface area contributed by atoms with E-state index in [0.29, 0.717) is 18.1 Å². The van der Waals surface area contributed by atoms with Crippen LogP contribution in [0.15, 0.2) is 41.5 Å². The molecule has 0 amide bonds. The molecule has 0 saturated carbocycles. The predicted octanol–water partition coefficient (Wildman–Crippen LogP) is 3.19. The van der Waals surface area contributed by atoms with Crippen LogP contribution in [0, 0.1) is 9.39 Å². The molecule has 0 aliphatic heterocycles. The second kappa shape index (κ2) is 8.78. The second-order valence-electron chi connectivity index (χ2n) is 4.68. The van der Waals surface area contributed by atoms with E-state index in [-0.39, 0.29) is 10.9 Å². The number of halogens is 2. The zero-order valence-corrected chi connectivity index (χ0v) is 15.7. The number of ether oxygens (including phenoxy) is 2. The molecule has 0 atom stereocenters. The van der Waals surface area contributed by atoms with Crippen molar-refractivity contribution >= 4 is 46.1 Å². The van der Waals surface area contributed by atoms with E-state index < -0.39 is 0 Å². The van der Waals surface area contributed by atoms with Crippen molar-refractivity contribution < 1.29 is 13.9 Å². The van der Waals surface area contributed by atoms with E-state index in [1.165, 1.54) is 12.1 Å². The minimum absolute atomic E-state index is 0.0900. The van der Waals surface area contributed by atoms with Gasteiger partial charge in [0.05, 0.1) is 16.9 Å². The maximum atomic E-state index is 12.9. The van der Waals surface area contributed by atoms with Crippen LogP contribution in [0.2, 0.25) is 0 Å². The highest BCUT2D eigenvalue weighted by molar-refractivity contribution is 14.1. The van der Waals surface area contributed by atoms with Crippen molar-refractivity contribution in [2.45, 2.75) is 6.61 Å². The van der Waals surface area contributed by atoms with Crippen molar-refractivity contribution in [1.82, 2.24) is 5.43 Å². The lowest BCUT2D eigenvalue weighted by molar-refractivity contribution is 0.282. The standard InChI is InChI=1S/C16H15FIN3O2S/c1-22-14-7-11(8-20-21-16(19)24)6-13(18)15(14)23-9-10-2-4-12(17)5-3-10/h2-8H,9H2,1H3,(H3,19,21,24)/b20-8-. The first-order valence-corrected chi connectivity index (χ1v) is 8.31. The number of methoxy groups -OCH3 is 1. The fraction of sp³-hybridized carbons (Fsp3) is 0.125. The Kier molecular flexibility index (Phi) is 6.73. The third kappa shape index (κ3) is 5.31. The summed E-state index contributed by atoms with van der Waals surface area (Å²) in [7, 11) is 1.56. The predicted molar refractivity (Wildman–Crippen MR) is 104 cm³/mol. The van der Waals surface area contributed by atoms with Crippen LogP contribution in [0.25, 0.3) is 0 Å². The monoisotopic (exact) mass is 459 g/mol. The Hall–Kier alpha value is -1.94. The molecule has 0 bridgehead atoms. The SMILES string of the molecule is COc1cc(/C=N\NC(N)=S)cc(I)c1OCc1ccc(F)cc1. The van der Waals surface area contributed by atoms with Crippen molar-refractivity contribution in [2.24, 2.45) is 10.8 Å². The molecular formula is C16H15FIN3O2S. The number of benzene rings is 2. The van der Waals surface area contributed by atoms with Gasteiger partial charge in [-0.15, -0.1) is 0 Å². The molecule has 0 saturated heterocycles. The van der Waals surface area contributed by atoms with Gasteiger partial charge in [-0.05, 0) is 70.2 Å². The Morgan fingerprint density at radius 3 is 2.71 bits per heavy atom. The largest absolute Gasteiger partial charge is 0.493 e. The summed E-state index contributed by atoms with van der Waals surface area (Å²) in [4.78, 5) is 0. The van der Waals surface area contributed by atoms with Gasteiger partial charge in [0, 0.05) is 0 Å². The number of hydrogen-bond acceptors (Lipinski definition) is 4. The van der Waals surface area contributed by atoms with Gasteiger partial charge in [-0.3, -0.25) is 5.43 Å². The molecule has 0 unspecified atom stereocenters. The topological polar surface area (TPSA) is 68.9 Å². The molecule has 0 aliphatic carbocycles. The molecule has 24 heavy (non-hydrogen) atoms. The van der Waals surface area contributed by atoms with E-state index in [0.717, 1.165) is 14.7 Å². The summed E-state index contributed by atoms with van der Waals surface area (Å²) in [5, 5.41) is 4.00. The maximum Gasteiger partial charge on any atom is 0.184 e. The first-order valence-electron chi connectivity index (χ1n) is 6.83. The Morgan fingerprint density at radius 1 is 1.38 bits per heavy atom. The molecule has 5 nitrogen and oxygen atoms in total. The summed E-state index contributed by atoms with van der Waals surface area (Å²) >= 11 is 6.83. The highest BCUT2D eigenvalue weighted by atomic mass is 127. The van der Waals surface area contributed by atoms with Crippen molar-refractivity contribution in [3.63, 3.8) is 0 Å². The molecule has 0 radical (unpaired) electrons. The average molecular weight is 459 g/mol. The number of nitrogens with two attached hydrogens (primary N) is 1. The Balaban J connectivity index is 2.15. The van der Waals surface area contributed by atoms with Crippen molar-refractivity contribution in [1.29, 1.82) is 0 Å². The molecule has 2 aromatic rings. The van der Waals surface area contributed by atoms with Crippen LogP contribution < -0.4 is 20.6 Å². The summed E-state index contributed by atoms with van der Waals surface area (Å²) in [5.41, 5.74) is 9.46. The molecule has 2 rings (SSSR count). The van der Waals surface area contributed by atoms with Gasteiger partial charge in [-0.2, -0.15) is 5.10 Å². The van der Waals surface area contributed by atoms with E-state index in [1.54, 1.807) is 31.5 Å². The summed E-state index contributed by atoms with van der Waals surface area (Å²) < 4.78 is 25.0. The van der Waals surface area contributed by atoms with E-state index >= 15 is 0 Å². The first kappa shape index (κ1) is 18.4. The van der Waals surface area contributed by atoms with Crippen LogP contribution in [0.4, 0.5) is 4.39 Å². The average Bonchev–Trinajstić information content (AvgIpc) is 2.54. The van der Waals surface area contributed by atoms with Gasteiger partial charge in [0.15, 0.2) is 16.6 Å². The van der Waals surface area contributed by atoms with E-state index in [4.69, 9.17) is 15.2 Å². The molecule has 0 heterocycles. The Morgan fingerprint density at radius 2 is 2.08 bits per heavy atom. The number of hydrazone groups is 1. The second-order valence-corrected chi connectivity index (χ2v) is 6.29. The molecule has 0 spiro atoms. The fourth-order valence-corrected chi connectivity index (χ4v) is 2.69. The molecule has 0 fully saturated rings. The maximum absolute atomic E-state index is 12.9. The minimum Gasteiger partial charge on any atom is -0.493 e. The molecule has 8 heteroatoms. The lowest BCUT2D eigenvalue weighted by atomic mass is 10.2. The minimum atomic E-state index is -0.278. The molecule has 3 N–H and O–H groups in total.